The van der Waals surface area contributed by atoms with Crippen molar-refractivity contribution in [2.45, 2.75) is 19.5 Å². The van der Waals surface area contributed by atoms with Gasteiger partial charge in [0.05, 0.1) is 0 Å². The van der Waals surface area contributed by atoms with Crippen LogP contribution in [0.25, 0.3) is 0 Å². The van der Waals surface area contributed by atoms with Gasteiger partial charge in [-0.25, -0.2) is 0 Å². The third-order valence-electron chi connectivity index (χ3n) is 3.80. The lowest BCUT2D eigenvalue weighted by atomic mass is 10.1. The van der Waals surface area contributed by atoms with E-state index in [2.05, 4.69) is 23.8 Å². The van der Waals surface area contributed by atoms with E-state index in [9.17, 15) is 0 Å². The average Bonchev–Trinajstić information content (AvgIpc) is 2.36. The second-order valence-corrected chi connectivity index (χ2v) is 5.69. The highest BCUT2D eigenvalue weighted by Crippen LogP contribution is 2.21. The molecule has 0 aromatic heterocycles. The molecule has 2 rings (SSSR count). The molecule has 1 heterocycles. The molecule has 0 bridgehead atoms. The van der Waals surface area contributed by atoms with Crippen LogP contribution in [0.3, 0.4) is 0 Å². The minimum Gasteiger partial charge on any atom is -0.384 e. The van der Waals surface area contributed by atoms with Crippen LogP contribution in [0, 0.1) is 5.41 Å². The Bertz CT molecular complexity index is 475. The smallest absolute Gasteiger partial charge is 0.122 e. The maximum atomic E-state index is 7.41. The Morgan fingerprint density at radius 3 is 2.79 bits per heavy atom. The number of nitrogens with two attached hydrogens (primary N) is 1. The summed E-state index contributed by atoms with van der Waals surface area (Å²) in [7, 11) is 2.16. The van der Waals surface area contributed by atoms with Crippen LogP contribution < -0.4 is 5.73 Å². The Balaban J connectivity index is 2.05. The maximum absolute atomic E-state index is 7.41. The van der Waals surface area contributed by atoms with Gasteiger partial charge in [0.1, 0.15) is 5.84 Å². The standard InChI is InChI=1S/C14H21ClN4/c1-10-8-19(6-5-18(10)2)9-12-4-3-11(14(16)17)7-13(12)15/h3-4,7,10H,5-6,8-9H2,1-2H3,(H3,16,17). The van der Waals surface area contributed by atoms with E-state index < -0.39 is 0 Å². The topological polar surface area (TPSA) is 56.4 Å². The first-order valence-corrected chi connectivity index (χ1v) is 6.90. The van der Waals surface area contributed by atoms with Crippen molar-refractivity contribution < 1.29 is 0 Å². The molecule has 1 aromatic rings. The quantitative estimate of drug-likeness (QED) is 0.655. The van der Waals surface area contributed by atoms with Crippen LogP contribution in [0.4, 0.5) is 0 Å². The van der Waals surface area contributed by atoms with E-state index in [4.69, 9.17) is 22.7 Å². The van der Waals surface area contributed by atoms with Crippen molar-refractivity contribution in [3.63, 3.8) is 0 Å². The Morgan fingerprint density at radius 1 is 1.47 bits per heavy atom. The zero-order valence-corrected chi connectivity index (χ0v) is 12.2. The summed E-state index contributed by atoms with van der Waals surface area (Å²) in [5.74, 6) is 0.0571. The summed E-state index contributed by atoms with van der Waals surface area (Å²) in [4.78, 5) is 4.79. The second-order valence-electron chi connectivity index (χ2n) is 5.28. The van der Waals surface area contributed by atoms with E-state index >= 15 is 0 Å². The first kappa shape index (κ1) is 14.3. The number of hydrogen-bond donors (Lipinski definition) is 2. The minimum absolute atomic E-state index is 0.0571. The lowest BCUT2D eigenvalue weighted by molar-refractivity contribution is 0.100. The molecule has 1 unspecified atom stereocenters. The molecule has 1 aliphatic rings. The summed E-state index contributed by atoms with van der Waals surface area (Å²) in [6, 6.07) is 6.19. The number of benzene rings is 1. The molecule has 0 aliphatic carbocycles. The number of nitrogens with one attached hydrogen (secondary N) is 1. The molecule has 0 amide bonds. The van der Waals surface area contributed by atoms with Crippen molar-refractivity contribution in [1.82, 2.24) is 9.80 Å². The Kier molecular flexibility index (Phi) is 4.45. The van der Waals surface area contributed by atoms with Crippen LogP contribution in [0.15, 0.2) is 18.2 Å². The number of rotatable bonds is 3. The minimum atomic E-state index is 0.0571. The van der Waals surface area contributed by atoms with Crippen molar-refractivity contribution in [2.24, 2.45) is 5.73 Å². The summed E-state index contributed by atoms with van der Waals surface area (Å²) >= 11 is 6.27. The molecule has 5 heteroatoms. The number of nitrogen functional groups attached to an aromatic ring is 1. The average molecular weight is 281 g/mol. The van der Waals surface area contributed by atoms with Crippen LogP contribution in [0.2, 0.25) is 5.02 Å². The van der Waals surface area contributed by atoms with E-state index in [0.717, 1.165) is 31.7 Å². The molecule has 19 heavy (non-hydrogen) atoms. The zero-order valence-electron chi connectivity index (χ0n) is 11.5. The number of likely N-dealkylation sites (N-methyl/N-ethyl adjacent to an activating group) is 1. The van der Waals surface area contributed by atoms with Crippen LogP contribution in [-0.4, -0.2) is 48.4 Å². The monoisotopic (exact) mass is 280 g/mol. The highest BCUT2D eigenvalue weighted by atomic mass is 35.5. The van der Waals surface area contributed by atoms with E-state index in [1.165, 1.54) is 0 Å². The molecular weight excluding hydrogens is 260 g/mol. The largest absolute Gasteiger partial charge is 0.384 e. The number of piperazine rings is 1. The third kappa shape index (κ3) is 3.47. The molecule has 0 radical (unpaired) electrons. The van der Waals surface area contributed by atoms with Gasteiger partial charge in [-0.15, -0.1) is 0 Å². The summed E-state index contributed by atoms with van der Waals surface area (Å²) in [6.07, 6.45) is 0. The number of halogens is 1. The van der Waals surface area contributed by atoms with Crippen molar-refractivity contribution in [3.8, 4) is 0 Å². The fraction of sp³-hybridized carbons (Fsp3) is 0.500. The number of hydrogen-bond acceptors (Lipinski definition) is 3. The lowest BCUT2D eigenvalue weighted by Gasteiger charge is -2.37. The number of amidine groups is 1. The van der Waals surface area contributed by atoms with Gasteiger partial charge in [0.2, 0.25) is 0 Å². The van der Waals surface area contributed by atoms with E-state index in [0.29, 0.717) is 16.6 Å². The summed E-state index contributed by atoms with van der Waals surface area (Å²) < 4.78 is 0. The SMILES string of the molecule is CC1CN(Cc2ccc(C(=N)N)cc2Cl)CCN1C. The molecule has 0 saturated carbocycles. The van der Waals surface area contributed by atoms with Gasteiger partial charge in [0.15, 0.2) is 0 Å². The molecule has 1 fully saturated rings. The molecule has 0 spiro atoms. The van der Waals surface area contributed by atoms with Gasteiger partial charge < -0.3 is 10.6 Å². The fourth-order valence-electron chi connectivity index (χ4n) is 2.35. The first-order valence-electron chi connectivity index (χ1n) is 6.53. The molecule has 1 aliphatic heterocycles. The predicted molar refractivity (Wildman–Crippen MR) is 79.8 cm³/mol. The fourth-order valence-corrected chi connectivity index (χ4v) is 2.59. The first-order chi connectivity index (χ1) is 8.97. The van der Waals surface area contributed by atoms with Gasteiger partial charge in [-0.05, 0) is 25.6 Å². The van der Waals surface area contributed by atoms with Crippen molar-refractivity contribution >= 4 is 17.4 Å². The predicted octanol–water partition coefficient (Wildman–Crippen LogP) is 1.76. The summed E-state index contributed by atoms with van der Waals surface area (Å²) in [5, 5.41) is 8.10. The molecular formula is C14H21ClN4. The lowest BCUT2D eigenvalue weighted by Crippen LogP contribution is -2.49. The van der Waals surface area contributed by atoms with Crippen molar-refractivity contribution in [3.05, 3.63) is 34.3 Å². The van der Waals surface area contributed by atoms with Crippen molar-refractivity contribution in [2.75, 3.05) is 26.7 Å². The summed E-state index contributed by atoms with van der Waals surface area (Å²) in [6.45, 7) is 6.30. The normalized spacial score (nSPS) is 21.5. The van der Waals surface area contributed by atoms with Gasteiger partial charge in [-0.3, -0.25) is 10.3 Å². The molecule has 1 atom stereocenters. The maximum Gasteiger partial charge on any atom is 0.122 e. The Morgan fingerprint density at radius 2 is 2.21 bits per heavy atom. The highest BCUT2D eigenvalue weighted by molar-refractivity contribution is 6.31. The highest BCUT2D eigenvalue weighted by Gasteiger charge is 2.21. The van der Waals surface area contributed by atoms with Crippen molar-refractivity contribution in [1.29, 1.82) is 5.41 Å². The van der Waals surface area contributed by atoms with Crippen LogP contribution >= 0.6 is 11.6 Å². The second kappa shape index (κ2) is 5.90. The van der Waals surface area contributed by atoms with E-state index in [1.54, 1.807) is 6.07 Å². The Labute approximate surface area is 119 Å². The number of nitrogens with zero attached hydrogens (tertiary/aromatic N) is 2. The van der Waals surface area contributed by atoms with Gasteiger partial charge >= 0.3 is 0 Å². The van der Waals surface area contributed by atoms with Gasteiger partial charge in [0.25, 0.3) is 0 Å². The van der Waals surface area contributed by atoms with Gasteiger partial charge in [-0.2, -0.15) is 0 Å². The van der Waals surface area contributed by atoms with Crippen LogP contribution in [0.1, 0.15) is 18.1 Å². The molecule has 1 saturated heterocycles. The van der Waals surface area contributed by atoms with Crippen LogP contribution in [0.5, 0.6) is 0 Å². The molecule has 4 nitrogen and oxygen atoms in total. The Hall–Kier alpha value is -1.10. The van der Waals surface area contributed by atoms with Gasteiger partial charge in [-0.1, -0.05) is 23.7 Å². The zero-order chi connectivity index (χ0) is 14.0. The van der Waals surface area contributed by atoms with Gasteiger partial charge in [0, 0.05) is 42.8 Å². The van der Waals surface area contributed by atoms with E-state index in [-0.39, 0.29) is 5.84 Å². The molecule has 1 aromatic carbocycles. The molecule has 104 valence electrons. The summed E-state index contributed by atoms with van der Waals surface area (Å²) in [5.41, 5.74) is 7.24. The van der Waals surface area contributed by atoms with Crippen LogP contribution in [-0.2, 0) is 6.54 Å². The third-order valence-corrected chi connectivity index (χ3v) is 4.15. The van der Waals surface area contributed by atoms with E-state index in [1.807, 2.05) is 12.1 Å². The molecule has 3 N–H and O–H groups in total.